The highest BCUT2D eigenvalue weighted by atomic mass is 79.9. The van der Waals surface area contributed by atoms with Gasteiger partial charge in [0.15, 0.2) is 0 Å². The van der Waals surface area contributed by atoms with Crippen LogP contribution in [0.2, 0.25) is 5.02 Å². The lowest BCUT2D eigenvalue weighted by Crippen LogP contribution is -2.16. The van der Waals surface area contributed by atoms with Gasteiger partial charge in [0.1, 0.15) is 5.82 Å². The van der Waals surface area contributed by atoms with Crippen molar-refractivity contribution in [1.82, 2.24) is 4.98 Å². The van der Waals surface area contributed by atoms with Gasteiger partial charge in [-0.05, 0) is 56.5 Å². The summed E-state index contributed by atoms with van der Waals surface area (Å²) < 4.78 is 15.3. The third-order valence-electron chi connectivity index (χ3n) is 2.67. The van der Waals surface area contributed by atoms with E-state index >= 15 is 0 Å². The smallest absolute Gasteiger partial charge is 0.127 e. The second-order valence-electron chi connectivity index (χ2n) is 4.03. The van der Waals surface area contributed by atoms with Gasteiger partial charge < -0.3 is 5.73 Å². The maximum atomic E-state index is 13.7. The second-order valence-corrected chi connectivity index (χ2v) is 6.21. The van der Waals surface area contributed by atoms with E-state index < -0.39 is 6.04 Å². The Kier molecular flexibility index (Phi) is 4.95. The van der Waals surface area contributed by atoms with Gasteiger partial charge in [-0.1, -0.05) is 17.7 Å². The third-order valence-corrected chi connectivity index (χ3v) is 4.10. The molecule has 19 heavy (non-hydrogen) atoms. The average Bonchev–Trinajstić information content (AvgIpc) is 2.33. The molecule has 2 aromatic rings. The van der Waals surface area contributed by atoms with Crippen molar-refractivity contribution < 1.29 is 4.39 Å². The standard InChI is InChI=1S/C13H10Br2ClFN2/c14-7-4-9(15)13(19-6-7)12(18)5-8-10(16)2-1-3-11(8)17/h1-4,6,12H,5,18H2. The monoisotopic (exact) mass is 406 g/mol. The molecule has 0 bridgehead atoms. The minimum Gasteiger partial charge on any atom is -0.322 e. The van der Waals surface area contributed by atoms with Crippen molar-refractivity contribution in [2.45, 2.75) is 12.5 Å². The molecule has 2 nitrogen and oxygen atoms in total. The first-order chi connectivity index (χ1) is 8.99. The summed E-state index contributed by atoms with van der Waals surface area (Å²) in [5.41, 5.74) is 7.16. The number of hydrogen-bond donors (Lipinski definition) is 1. The molecule has 100 valence electrons. The number of halogens is 4. The molecule has 0 radical (unpaired) electrons. The van der Waals surface area contributed by atoms with Gasteiger partial charge in [0.05, 0.1) is 11.7 Å². The Balaban J connectivity index is 2.28. The molecule has 0 fully saturated rings. The highest BCUT2D eigenvalue weighted by Crippen LogP contribution is 2.28. The zero-order valence-corrected chi connectivity index (χ0v) is 13.6. The molecule has 0 amide bonds. The van der Waals surface area contributed by atoms with Gasteiger partial charge in [0.25, 0.3) is 0 Å². The van der Waals surface area contributed by atoms with Crippen LogP contribution in [0.5, 0.6) is 0 Å². The molecule has 0 saturated carbocycles. The summed E-state index contributed by atoms with van der Waals surface area (Å²) in [4.78, 5) is 4.25. The summed E-state index contributed by atoms with van der Waals surface area (Å²) in [6, 6.07) is 6.01. The van der Waals surface area contributed by atoms with Crippen LogP contribution < -0.4 is 5.73 Å². The Bertz CT molecular complexity index is 587. The lowest BCUT2D eigenvalue weighted by molar-refractivity contribution is 0.589. The molecule has 0 aliphatic rings. The lowest BCUT2D eigenvalue weighted by atomic mass is 10.0. The molecule has 0 aliphatic heterocycles. The Hall–Kier alpha value is -0.490. The first kappa shape index (κ1) is 14.9. The molecule has 0 spiro atoms. The molecular weight excluding hydrogens is 398 g/mol. The Morgan fingerprint density at radius 3 is 2.74 bits per heavy atom. The Morgan fingerprint density at radius 2 is 2.11 bits per heavy atom. The predicted molar refractivity (Wildman–Crippen MR) is 81.7 cm³/mol. The van der Waals surface area contributed by atoms with E-state index in [0.717, 1.165) is 8.95 Å². The molecule has 2 N–H and O–H groups in total. The SMILES string of the molecule is NC(Cc1c(F)cccc1Cl)c1ncc(Br)cc1Br. The highest BCUT2D eigenvalue weighted by molar-refractivity contribution is 9.11. The summed E-state index contributed by atoms with van der Waals surface area (Å²) in [7, 11) is 0. The van der Waals surface area contributed by atoms with Crippen LogP contribution >= 0.6 is 43.5 Å². The Labute approximate surface area is 132 Å². The largest absolute Gasteiger partial charge is 0.322 e. The van der Waals surface area contributed by atoms with Crippen molar-refractivity contribution >= 4 is 43.5 Å². The molecule has 2 rings (SSSR count). The summed E-state index contributed by atoms with van der Waals surface area (Å²) in [5.74, 6) is -0.351. The maximum absolute atomic E-state index is 13.7. The fourth-order valence-corrected chi connectivity index (χ4v) is 3.26. The van der Waals surface area contributed by atoms with Crippen molar-refractivity contribution in [3.8, 4) is 0 Å². The van der Waals surface area contributed by atoms with Gasteiger partial charge in [-0.2, -0.15) is 0 Å². The van der Waals surface area contributed by atoms with Crippen LogP contribution in [0.3, 0.4) is 0 Å². The van der Waals surface area contributed by atoms with E-state index in [1.165, 1.54) is 6.07 Å². The van der Waals surface area contributed by atoms with Gasteiger partial charge in [-0.15, -0.1) is 0 Å². The van der Waals surface area contributed by atoms with Crippen molar-refractivity contribution in [2.75, 3.05) is 0 Å². The van der Waals surface area contributed by atoms with E-state index in [1.54, 1.807) is 18.3 Å². The highest BCUT2D eigenvalue weighted by Gasteiger charge is 2.16. The first-order valence-corrected chi connectivity index (χ1v) is 7.45. The molecular formula is C13H10Br2ClFN2. The second kappa shape index (κ2) is 6.31. The van der Waals surface area contributed by atoms with E-state index in [0.29, 0.717) is 22.7 Å². The first-order valence-electron chi connectivity index (χ1n) is 5.48. The van der Waals surface area contributed by atoms with Crippen LogP contribution in [0, 0.1) is 5.82 Å². The lowest BCUT2D eigenvalue weighted by Gasteiger charge is -2.14. The molecule has 6 heteroatoms. The summed E-state index contributed by atoms with van der Waals surface area (Å²) in [5, 5.41) is 0.378. The van der Waals surface area contributed by atoms with Crippen LogP contribution in [0.15, 0.2) is 39.4 Å². The number of benzene rings is 1. The van der Waals surface area contributed by atoms with E-state index in [-0.39, 0.29) is 5.82 Å². The van der Waals surface area contributed by atoms with E-state index in [1.807, 2.05) is 6.07 Å². The molecule has 1 atom stereocenters. The molecule has 0 saturated heterocycles. The van der Waals surface area contributed by atoms with E-state index in [9.17, 15) is 4.39 Å². The van der Waals surface area contributed by atoms with Gasteiger partial charge in [-0.25, -0.2) is 4.39 Å². The van der Waals surface area contributed by atoms with Crippen molar-refractivity contribution in [2.24, 2.45) is 5.73 Å². The van der Waals surface area contributed by atoms with Crippen molar-refractivity contribution in [3.05, 3.63) is 61.5 Å². The fraction of sp³-hybridized carbons (Fsp3) is 0.154. The summed E-state index contributed by atoms with van der Waals surface area (Å²) in [6.45, 7) is 0. The van der Waals surface area contributed by atoms with Gasteiger partial charge >= 0.3 is 0 Å². The van der Waals surface area contributed by atoms with E-state index in [2.05, 4.69) is 36.8 Å². The van der Waals surface area contributed by atoms with Gasteiger partial charge in [0, 0.05) is 25.7 Å². The maximum Gasteiger partial charge on any atom is 0.127 e. The zero-order chi connectivity index (χ0) is 14.0. The third kappa shape index (κ3) is 3.54. The molecule has 1 heterocycles. The van der Waals surface area contributed by atoms with Gasteiger partial charge in [0.2, 0.25) is 0 Å². The number of rotatable bonds is 3. The number of pyridine rings is 1. The predicted octanol–water partition coefficient (Wildman–Crippen LogP) is 4.64. The number of nitrogens with two attached hydrogens (primary N) is 1. The normalized spacial score (nSPS) is 12.5. The van der Waals surface area contributed by atoms with Crippen molar-refractivity contribution in [3.63, 3.8) is 0 Å². The minimum absolute atomic E-state index is 0.290. The number of aromatic nitrogens is 1. The molecule has 1 aromatic heterocycles. The van der Waals surface area contributed by atoms with E-state index in [4.69, 9.17) is 17.3 Å². The molecule has 1 aromatic carbocycles. The van der Waals surface area contributed by atoms with Crippen LogP contribution in [0.25, 0.3) is 0 Å². The summed E-state index contributed by atoms with van der Waals surface area (Å²) in [6.07, 6.45) is 1.95. The van der Waals surface area contributed by atoms with Crippen LogP contribution in [0.4, 0.5) is 4.39 Å². The van der Waals surface area contributed by atoms with Crippen LogP contribution in [0.1, 0.15) is 17.3 Å². The molecule has 0 aliphatic carbocycles. The Morgan fingerprint density at radius 1 is 1.37 bits per heavy atom. The minimum atomic E-state index is -0.433. The van der Waals surface area contributed by atoms with Gasteiger partial charge in [-0.3, -0.25) is 4.98 Å². The van der Waals surface area contributed by atoms with Crippen LogP contribution in [-0.2, 0) is 6.42 Å². The average molecular weight is 408 g/mol. The molecule has 1 unspecified atom stereocenters. The fourth-order valence-electron chi connectivity index (χ4n) is 1.74. The van der Waals surface area contributed by atoms with Crippen LogP contribution in [-0.4, -0.2) is 4.98 Å². The zero-order valence-electron chi connectivity index (χ0n) is 9.71. The number of hydrogen-bond acceptors (Lipinski definition) is 2. The summed E-state index contributed by atoms with van der Waals surface area (Å²) >= 11 is 12.7. The van der Waals surface area contributed by atoms with Crippen molar-refractivity contribution in [1.29, 1.82) is 0 Å². The quantitative estimate of drug-likeness (QED) is 0.804. The topological polar surface area (TPSA) is 38.9 Å². The number of nitrogens with zero attached hydrogens (tertiary/aromatic N) is 1.